The Bertz CT molecular complexity index is 1360. The molecule has 7 unspecified atom stereocenters. The third-order valence-electron chi connectivity index (χ3n) is 9.46. The lowest BCUT2D eigenvalue weighted by atomic mass is 9.66. The Morgan fingerprint density at radius 1 is 1.13 bits per heavy atom. The van der Waals surface area contributed by atoms with Gasteiger partial charge >= 0.3 is 5.97 Å². The van der Waals surface area contributed by atoms with E-state index in [1.165, 1.54) is 0 Å². The number of aliphatic hydroxyl groups is 1. The summed E-state index contributed by atoms with van der Waals surface area (Å²) < 4.78 is 34.6. The molecule has 0 bridgehead atoms. The van der Waals surface area contributed by atoms with Gasteiger partial charge in [0.15, 0.2) is 0 Å². The Balaban J connectivity index is 1.33. The van der Waals surface area contributed by atoms with E-state index in [2.05, 4.69) is 6.92 Å². The molecule has 0 radical (unpaired) electrons. The Hall–Kier alpha value is -3.24. The number of benzene rings is 1. The zero-order valence-corrected chi connectivity index (χ0v) is 28.0. The number of hydrogen-bond donors (Lipinski definition) is 1. The van der Waals surface area contributed by atoms with Gasteiger partial charge in [-0.2, -0.15) is 0 Å². The average molecular weight is 639 g/mol. The van der Waals surface area contributed by atoms with E-state index in [0.29, 0.717) is 26.2 Å². The van der Waals surface area contributed by atoms with E-state index in [9.17, 15) is 14.7 Å². The van der Waals surface area contributed by atoms with Crippen LogP contribution in [0.2, 0.25) is 0 Å². The standard InChI is InChI=1S/C37H50O9/c1-7-26-22-31-34(36(44-20-19-41-5)29-12-8-9-13-30(29)46-31)35(40)28(26)17-18-43-33(39)14-10-11-27(38)21-24(2)37(4,23-42-6)32-16-15-25(3)45-32/h8-13,15-16,21,26-28,31,34,36,38H,7,14,17-20,22-23H2,1-6H3/b11-10+,24-21+. The molecule has 1 fully saturated rings. The minimum absolute atomic E-state index is 0.0111. The monoisotopic (exact) mass is 638 g/mol. The van der Waals surface area contributed by atoms with Crippen LogP contribution in [-0.4, -0.2) is 69.7 Å². The molecule has 2 aliphatic rings. The van der Waals surface area contributed by atoms with Crippen LogP contribution in [0.4, 0.5) is 0 Å². The van der Waals surface area contributed by atoms with Crippen molar-refractivity contribution in [2.45, 2.75) is 77.1 Å². The van der Waals surface area contributed by atoms with Gasteiger partial charge in [0.25, 0.3) is 0 Å². The number of fused-ring (bicyclic) bond motifs is 2. The summed E-state index contributed by atoms with van der Waals surface area (Å²) in [6.45, 7) is 9.23. The fraction of sp³-hybridized carbons (Fsp3) is 0.568. The summed E-state index contributed by atoms with van der Waals surface area (Å²) in [5, 5.41) is 10.6. The molecular weight excluding hydrogens is 588 g/mol. The number of carbonyl (C=O) groups is 2. The topological polar surface area (TPSA) is 114 Å². The number of carbonyl (C=O) groups excluding carboxylic acids is 2. The highest BCUT2D eigenvalue weighted by molar-refractivity contribution is 5.86. The number of methoxy groups -OCH3 is 2. The summed E-state index contributed by atoms with van der Waals surface area (Å²) in [5.41, 5.74) is 1.21. The summed E-state index contributed by atoms with van der Waals surface area (Å²) >= 11 is 0. The number of Topliss-reactive ketones (excluding diaryl/α,β-unsaturated/α-hetero) is 1. The molecule has 1 aliphatic carbocycles. The van der Waals surface area contributed by atoms with Crippen LogP contribution in [0.25, 0.3) is 0 Å². The van der Waals surface area contributed by atoms with E-state index < -0.39 is 29.5 Å². The number of rotatable bonds is 16. The Morgan fingerprint density at radius 3 is 2.61 bits per heavy atom. The average Bonchev–Trinajstić information content (AvgIpc) is 3.48. The molecule has 9 heteroatoms. The van der Waals surface area contributed by atoms with Crippen molar-refractivity contribution in [3.8, 4) is 5.75 Å². The summed E-state index contributed by atoms with van der Waals surface area (Å²) in [7, 11) is 3.25. The lowest BCUT2D eigenvalue weighted by Gasteiger charge is -2.46. The minimum Gasteiger partial charge on any atom is -0.489 e. The van der Waals surface area contributed by atoms with Gasteiger partial charge in [-0.05, 0) is 57.7 Å². The fourth-order valence-corrected chi connectivity index (χ4v) is 6.76. The quantitative estimate of drug-likeness (QED) is 0.133. The third-order valence-corrected chi connectivity index (χ3v) is 9.46. The first-order valence-corrected chi connectivity index (χ1v) is 16.3. The number of aryl methyl sites for hydroxylation is 1. The Labute approximate surface area is 272 Å². The van der Waals surface area contributed by atoms with Gasteiger partial charge in [-0.15, -0.1) is 0 Å². The molecule has 46 heavy (non-hydrogen) atoms. The first-order chi connectivity index (χ1) is 22.1. The van der Waals surface area contributed by atoms with E-state index in [1.54, 1.807) is 32.4 Å². The maximum absolute atomic E-state index is 14.0. The third kappa shape index (κ3) is 8.37. The van der Waals surface area contributed by atoms with E-state index in [4.69, 9.17) is 28.1 Å². The van der Waals surface area contributed by atoms with E-state index in [1.807, 2.05) is 57.2 Å². The summed E-state index contributed by atoms with van der Waals surface area (Å²) in [5.74, 6) is 1.45. The van der Waals surface area contributed by atoms with Crippen molar-refractivity contribution >= 4 is 11.8 Å². The van der Waals surface area contributed by atoms with Crippen LogP contribution in [0.1, 0.15) is 69.6 Å². The predicted octanol–water partition coefficient (Wildman–Crippen LogP) is 6.08. The number of aliphatic hydroxyl groups excluding tert-OH is 1. The number of furan rings is 1. The minimum atomic E-state index is -0.903. The highest BCUT2D eigenvalue weighted by Gasteiger charge is 2.51. The van der Waals surface area contributed by atoms with Crippen molar-refractivity contribution in [2.75, 3.05) is 40.6 Å². The summed E-state index contributed by atoms with van der Waals surface area (Å²) in [6.07, 6.45) is 5.33. The van der Waals surface area contributed by atoms with Gasteiger partial charge in [-0.1, -0.05) is 55.3 Å². The Kier molecular flexibility index (Phi) is 12.8. The smallest absolute Gasteiger partial charge is 0.309 e. The maximum atomic E-state index is 14.0. The van der Waals surface area contributed by atoms with Gasteiger partial charge < -0.3 is 33.2 Å². The van der Waals surface area contributed by atoms with Crippen molar-refractivity contribution in [1.29, 1.82) is 0 Å². The molecular formula is C37H50O9. The molecule has 2 aromatic rings. The van der Waals surface area contributed by atoms with Crippen molar-refractivity contribution in [3.63, 3.8) is 0 Å². The van der Waals surface area contributed by atoms with Crippen LogP contribution in [-0.2, 0) is 34.0 Å². The zero-order chi connectivity index (χ0) is 33.3. The molecule has 0 amide bonds. The molecule has 1 aromatic carbocycles. The zero-order valence-electron chi connectivity index (χ0n) is 28.0. The SMILES string of the molecule is CCC1CC2Oc3ccccc3C(OCCOC)C2C(=O)C1CCOC(=O)C/C=C/C(O)/C=C(\C)C(C)(COC)c1ccc(C)o1. The van der Waals surface area contributed by atoms with Crippen molar-refractivity contribution in [1.82, 2.24) is 0 Å². The fourth-order valence-electron chi connectivity index (χ4n) is 6.76. The first kappa shape index (κ1) is 35.6. The molecule has 1 saturated carbocycles. The second kappa shape index (κ2) is 16.5. The largest absolute Gasteiger partial charge is 0.489 e. The number of para-hydroxylation sites is 1. The molecule has 9 nitrogen and oxygen atoms in total. The number of ketones is 1. The van der Waals surface area contributed by atoms with Crippen molar-refractivity contribution in [3.05, 3.63) is 77.3 Å². The van der Waals surface area contributed by atoms with Gasteiger partial charge in [0, 0.05) is 25.7 Å². The van der Waals surface area contributed by atoms with Crippen LogP contribution in [0.15, 0.2) is 64.6 Å². The summed E-state index contributed by atoms with van der Waals surface area (Å²) in [4.78, 5) is 26.6. The molecule has 4 rings (SSSR count). The van der Waals surface area contributed by atoms with Gasteiger partial charge in [0.1, 0.15) is 29.2 Å². The number of ether oxygens (including phenoxy) is 5. The number of esters is 1. The Morgan fingerprint density at radius 2 is 1.91 bits per heavy atom. The molecule has 1 N–H and O–H groups in total. The molecule has 2 heterocycles. The molecule has 7 atom stereocenters. The maximum Gasteiger partial charge on any atom is 0.309 e. The van der Waals surface area contributed by atoms with Crippen LogP contribution in [0.3, 0.4) is 0 Å². The van der Waals surface area contributed by atoms with Crippen molar-refractivity contribution in [2.24, 2.45) is 17.8 Å². The lowest BCUT2D eigenvalue weighted by molar-refractivity contribution is -0.154. The molecule has 1 aromatic heterocycles. The van der Waals surface area contributed by atoms with E-state index >= 15 is 0 Å². The molecule has 0 spiro atoms. The van der Waals surface area contributed by atoms with Gasteiger partial charge in [-0.3, -0.25) is 9.59 Å². The van der Waals surface area contributed by atoms with Crippen LogP contribution in [0.5, 0.6) is 5.75 Å². The lowest BCUT2D eigenvalue weighted by Crippen LogP contribution is -2.51. The second-order valence-electron chi connectivity index (χ2n) is 12.6. The summed E-state index contributed by atoms with van der Waals surface area (Å²) in [6, 6.07) is 11.6. The first-order valence-electron chi connectivity index (χ1n) is 16.3. The highest BCUT2D eigenvalue weighted by Crippen LogP contribution is 2.48. The van der Waals surface area contributed by atoms with Crippen LogP contribution >= 0.6 is 0 Å². The molecule has 252 valence electrons. The highest BCUT2D eigenvalue weighted by atomic mass is 16.5. The van der Waals surface area contributed by atoms with Crippen LogP contribution in [0, 0.1) is 24.7 Å². The van der Waals surface area contributed by atoms with E-state index in [0.717, 1.165) is 41.2 Å². The van der Waals surface area contributed by atoms with Gasteiger partial charge in [-0.25, -0.2) is 0 Å². The van der Waals surface area contributed by atoms with Crippen LogP contribution < -0.4 is 4.74 Å². The number of hydrogen-bond acceptors (Lipinski definition) is 9. The molecule has 0 saturated heterocycles. The second-order valence-corrected chi connectivity index (χ2v) is 12.6. The predicted molar refractivity (Wildman–Crippen MR) is 174 cm³/mol. The van der Waals surface area contributed by atoms with Gasteiger partial charge in [0.05, 0.1) is 56.4 Å². The van der Waals surface area contributed by atoms with Crippen molar-refractivity contribution < 1.29 is 42.8 Å². The molecule has 1 aliphatic heterocycles. The van der Waals surface area contributed by atoms with E-state index in [-0.39, 0.29) is 36.8 Å². The van der Waals surface area contributed by atoms with Gasteiger partial charge in [0.2, 0.25) is 0 Å². The normalized spacial score (nSPS) is 25.0.